The van der Waals surface area contributed by atoms with Crippen LogP contribution in [0.15, 0.2) is 51.7 Å². The number of carbonyl (C=O) groups excluding carboxylic acids is 1. The van der Waals surface area contributed by atoms with Crippen molar-refractivity contribution in [2.75, 3.05) is 5.32 Å². The number of H-pyrrole nitrogens is 1. The summed E-state index contributed by atoms with van der Waals surface area (Å²) in [6, 6.07) is 14.2. The fourth-order valence-corrected chi connectivity index (χ4v) is 2.54. The van der Waals surface area contributed by atoms with E-state index >= 15 is 0 Å². The van der Waals surface area contributed by atoms with Crippen molar-refractivity contribution in [3.8, 4) is 28.7 Å². The van der Waals surface area contributed by atoms with Crippen molar-refractivity contribution in [2.45, 2.75) is 13.8 Å². The van der Waals surface area contributed by atoms with E-state index in [1.54, 1.807) is 49.4 Å². The zero-order chi connectivity index (χ0) is 18.0. The van der Waals surface area contributed by atoms with Crippen molar-refractivity contribution in [1.82, 2.24) is 4.98 Å². The standard InChI is InChI=1S/C19H15N3O3/c1-11-3-8-18(25-11)15-9-17(22-19(24)16(15)10-20)13-4-6-14(7-5-13)21-12(2)23/h3-9H,1-2H3,(H,21,23)(H,22,24). The number of amides is 1. The summed E-state index contributed by atoms with van der Waals surface area (Å²) in [5, 5.41) is 12.0. The highest BCUT2D eigenvalue weighted by molar-refractivity contribution is 5.89. The normalized spacial score (nSPS) is 10.3. The van der Waals surface area contributed by atoms with Crippen LogP contribution in [0.5, 0.6) is 0 Å². The summed E-state index contributed by atoms with van der Waals surface area (Å²) in [6.45, 7) is 3.23. The van der Waals surface area contributed by atoms with E-state index in [1.165, 1.54) is 6.92 Å². The number of carbonyl (C=O) groups is 1. The lowest BCUT2D eigenvalue weighted by Gasteiger charge is -2.07. The molecule has 0 unspecified atom stereocenters. The third kappa shape index (κ3) is 3.35. The molecule has 2 N–H and O–H groups in total. The van der Waals surface area contributed by atoms with Crippen molar-refractivity contribution in [2.24, 2.45) is 0 Å². The van der Waals surface area contributed by atoms with Gasteiger partial charge in [-0.15, -0.1) is 0 Å². The summed E-state index contributed by atoms with van der Waals surface area (Å²) in [4.78, 5) is 26.1. The van der Waals surface area contributed by atoms with E-state index in [2.05, 4.69) is 10.3 Å². The van der Waals surface area contributed by atoms with Gasteiger partial charge < -0.3 is 14.7 Å². The Bertz CT molecular complexity index is 1040. The molecule has 0 fully saturated rings. The minimum absolute atomic E-state index is 0.00738. The topological polar surface area (TPSA) is 98.9 Å². The molecule has 2 heterocycles. The number of pyridine rings is 1. The third-order valence-electron chi connectivity index (χ3n) is 3.67. The lowest BCUT2D eigenvalue weighted by atomic mass is 10.0. The van der Waals surface area contributed by atoms with Gasteiger partial charge in [-0.25, -0.2) is 0 Å². The molecule has 0 saturated heterocycles. The van der Waals surface area contributed by atoms with E-state index in [9.17, 15) is 14.9 Å². The molecule has 2 aromatic heterocycles. The molecule has 0 saturated carbocycles. The summed E-state index contributed by atoms with van der Waals surface area (Å²) < 4.78 is 5.57. The predicted molar refractivity (Wildman–Crippen MR) is 94.0 cm³/mol. The van der Waals surface area contributed by atoms with Crippen LogP contribution in [0.25, 0.3) is 22.6 Å². The molecule has 0 bridgehead atoms. The van der Waals surface area contributed by atoms with Crippen molar-refractivity contribution >= 4 is 11.6 Å². The van der Waals surface area contributed by atoms with E-state index in [-0.39, 0.29) is 11.5 Å². The molecule has 0 radical (unpaired) electrons. The van der Waals surface area contributed by atoms with Gasteiger partial charge in [0.1, 0.15) is 23.2 Å². The number of aromatic nitrogens is 1. The van der Waals surface area contributed by atoms with Gasteiger partial charge in [0.2, 0.25) is 5.91 Å². The number of rotatable bonds is 3. The van der Waals surface area contributed by atoms with Crippen molar-refractivity contribution in [3.05, 3.63) is 64.1 Å². The van der Waals surface area contributed by atoms with Gasteiger partial charge >= 0.3 is 0 Å². The first-order valence-corrected chi connectivity index (χ1v) is 7.60. The molecule has 0 aliphatic carbocycles. The number of nitrogens with one attached hydrogen (secondary N) is 2. The Balaban J connectivity index is 2.09. The largest absolute Gasteiger partial charge is 0.461 e. The van der Waals surface area contributed by atoms with Crippen molar-refractivity contribution < 1.29 is 9.21 Å². The summed E-state index contributed by atoms with van der Waals surface area (Å²) >= 11 is 0. The lowest BCUT2D eigenvalue weighted by Crippen LogP contribution is -2.12. The van der Waals surface area contributed by atoms with Gasteiger partial charge in [-0.3, -0.25) is 9.59 Å². The molecule has 124 valence electrons. The molecule has 0 atom stereocenters. The SMILES string of the molecule is CC(=O)Nc1ccc(-c2cc(-c3ccc(C)o3)c(C#N)c(=O)[nH]2)cc1. The number of aromatic amines is 1. The Labute approximate surface area is 143 Å². The minimum Gasteiger partial charge on any atom is -0.461 e. The van der Waals surface area contributed by atoms with Crippen LogP contribution in [0.2, 0.25) is 0 Å². The first-order valence-electron chi connectivity index (χ1n) is 7.60. The molecular formula is C19H15N3O3. The number of nitrogens with zero attached hydrogens (tertiary/aromatic N) is 1. The van der Waals surface area contributed by atoms with E-state index in [4.69, 9.17) is 4.42 Å². The van der Waals surface area contributed by atoms with E-state index in [0.29, 0.717) is 28.5 Å². The van der Waals surface area contributed by atoms with Crippen LogP contribution in [0, 0.1) is 18.3 Å². The number of hydrogen-bond acceptors (Lipinski definition) is 4. The molecule has 3 rings (SSSR count). The summed E-state index contributed by atoms with van der Waals surface area (Å²) in [5.74, 6) is 1.01. The molecule has 25 heavy (non-hydrogen) atoms. The first-order chi connectivity index (χ1) is 12.0. The maximum atomic E-state index is 12.3. The monoisotopic (exact) mass is 333 g/mol. The van der Waals surface area contributed by atoms with Crippen molar-refractivity contribution in [1.29, 1.82) is 5.26 Å². The number of anilines is 1. The Morgan fingerprint density at radius 3 is 2.48 bits per heavy atom. The summed E-state index contributed by atoms with van der Waals surface area (Å²) in [7, 11) is 0. The smallest absolute Gasteiger partial charge is 0.267 e. The van der Waals surface area contributed by atoms with Crippen LogP contribution in [-0.2, 0) is 4.79 Å². The molecular weight excluding hydrogens is 318 g/mol. The van der Waals surface area contributed by atoms with E-state index in [0.717, 1.165) is 5.56 Å². The maximum Gasteiger partial charge on any atom is 0.267 e. The zero-order valence-corrected chi connectivity index (χ0v) is 13.7. The second kappa shape index (κ2) is 6.49. The number of furan rings is 1. The van der Waals surface area contributed by atoms with Crippen LogP contribution < -0.4 is 10.9 Å². The van der Waals surface area contributed by atoms with E-state index < -0.39 is 5.56 Å². The molecule has 0 spiro atoms. The number of aryl methyl sites for hydroxylation is 1. The number of nitriles is 1. The number of benzene rings is 1. The molecule has 1 amide bonds. The van der Waals surface area contributed by atoms with Gasteiger partial charge in [0, 0.05) is 23.9 Å². The fourth-order valence-electron chi connectivity index (χ4n) is 2.54. The van der Waals surface area contributed by atoms with Crippen LogP contribution >= 0.6 is 0 Å². The highest BCUT2D eigenvalue weighted by Gasteiger charge is 2.15. The highest BCUT2D eigenvalue weighted by atomic mass is 16.3. The number of hydrogen-bond donors (Lipinski definition) is 2. The zero-order valence-electron chi connectivity index (χ0n) is 13.7. The summed E-state index contributed by atoms with van der Waals surface area (Å²) in [5.41, 5.74) is 1.94. The molecule has 6 heteroatoms. The lowest BCUT2D eigenvalue weighted by molar-refractivity contribution is -0.114. The third-order valence-corrected chi connectivity index (χ3v) is 3.67. The average Bonchev–Trinajstić information content (AvgIpc) is 3.00. The van der Waals surface area contributed by atoms with Gasteiger partial charge in [-0.05, 0) is 42.8 Å². The van der Waals surface area contributed by atoms with Gasteiger partial charge in [0.25, 0.3) is 5.56 Å². The molecule has 0 aliphatic rings. The van der Waals surface area contributed by atoms with Crippen LogP contribution in [0.4, 0.5) is 5.69 Å². The maximum absolute atomic E-state index is 12.3. The Hall–Kier alpha value is -3.59. The first kappa shape index (κ1) is 16.3. The minimum atomic E-state index is -0.477. The predicted octanol–water partition coefficient (Wildman–Crippen LogP) is 3.44. The van der Waals surface area contributed by atoms with Crippen molar-refractivity contribution in [3.63, 3.8) is 0 Å². The van der Waals surface area contributed by atoms with Crippen LogP contribution in [-0.4, -0.2) is 10.9 Å². The quantitative estimate of drug-likeness (QED) is 0.767. The van der Waals surface area contributed by atoms with E-state index in [1.807, 2.05) is 6.07 Å². The molecule has 0 aliphatic heterocycles. The second-order valence-corrected chi connectivity index (χ2v) is 5.58. The van der Waals surface area contributed by atoms with Gasteiger partial charge in [0.05, 0.1) is 0 Å². The van der Waals surface area contributed by atoms with Gasteiger partial charge in [-0.1, -0.05) is 12.1 Å². The van der Waals surface area contributed by atoms with Gasteiger partial charge in [0.15, 0.2) is 0 Å². The van der Waals surface area contributed by atoms with Crippen LogP contribution in [0.3, 0.4) is 0 Å². The van der Waals surface area contributed by atoms with Crippen LogP contribution in [0.1, 0.15) is 18.2 Å². The summed E-state index contributed by atoms with van der Waals surface area (Å²) in [6.07, 6.45) is 0. The van der Waals surface area contributed by atoms with Gasteiger partial charge in [-0.2, -0.15) is 5.26 Å². The molecule has 1 aromatic carbocycles. The average molecular weight is 333 g/mol. The Kier molecular flexibility index (Phi) is 4.23. The molecule has 3 aromatic rings. The molecule has 6 nitrogen and oxygen atoms in total. The second-order valence-electron chi connectivity index (χ2n) is 5.58. The fraction of sp³-hybridized carbons (Fsp3) is 0.105. The Morgan fingerprint density at radius 1 is 1.20 bits per heavy atom. The Morgan fingerprint density at radius 2 is 1.92 bits per heavy atom. The highest BCUT2D eigenvalue weighted by Crippen LogP contribution is 2.28.